The summed E-state index contributed by atoms with van der Waals surface area (Å²) in [6.45, 7) is 3.51. The highest BCUT2D eigenvalue weighted by Gasteiger charge is 2.44. The molecule has 0 radical (unpaired) electrons. The van der Waals surface area contributed by atoms with Crippen molar-refractivity contribution in [3.8, 4) is 17.0 Å². The van der Waals surface area contributed by atoms with E-state index in [9.17, 15) is 4.79 Å². The highest BCUT2D eigenvalue weighted by molar-refractivity contribution is 5.97. The maximum Gasteiger partial charge on any atom is 0.222 e. The van der Waals surface area contributed by atoms with Crippen molar-refractivity contribution in [2.75, 3.05) is 25.1 Å². The molecule has 4 aromatic rings. The van der Waals surface area contributed by atoms with Gasteiger partial charge in [0.25, 0.3) is 0 Å². The van der Waals surface area contributed by atoms with Crippen LogP contribution in [0.4, 0.5) is 5.82 Å². The molecule has 1 atom stereocenters. The number of rotatable bonds is 5. The molecule has 1 saturated heterocycles. The number of ether oxygens (including phenoxy) is 3. The van der Waals surface area contributed by atoms with Gasteiger partial charge in [0.15, 0.2) is 0 Å². The van der Waals surface area contributed by atoms with Crippen LogP contribution in [0.15, 0.2) is 48.9 Å². The van der Waals surface area contributed by atoms with Gasteiger partial charge in [-0.2, -0.15) is 0 Å². The van der Waals surface area contributed by atoms with Gasteiger partial charge >= 0.3 is 0 Å². The molecule has 4 aromatic heterocycles. The van der Waals surface area contributed by atoms with Gasteiger partial charge in [-0.05, 0) is 18.2 Å². The summed E-state index contributed by atoms with van der Waals surface area (Å²) in [6.07, 6.45) is 6.84. The lowest BCUT2D eigenvalue weighted by atomic mass is 9.89. The number of carbonyl (C=O) groups is 1. The van der Waals surface area contributed by atoms with Crippen LogP contribution in [0.25, 0.3) is 22.2 Å². The summed E-state index contributed by atoms with van der Waals surface area (Å²) in [6, 6.07) is 9.61. The lowest BCUT2D eigenvalue weighted by Gasteiger charge is -2.34. The fraction of sp³-hybridized carbons (Fsp3) is 0.308. The van der Waals surface area contributed by atoms with Gasteiger partial charge in [0.2, 0.25) is 5.91 Å². The van der Waals surface area contributed by atoms with Crippen molar-refractivity contribution in [3.05, 3.63) is 65.9 Å². The summed E-state index contributed by atoms with van der Waals surface area (Å²) in [4.78, 5) is 28.6. The fourth-order valence-corrected chi connectivity index (χ4v) is 4.81. The Morgan fingerprint density at radius 2 is 2.20 bits per heavy atom. The van der Waals surface area contributed by atoms with E-state index in [0.717, 1.165) is 51.3 Å². The number of carbonyl (C=O) groups excluding carboxylic acids is 1. The molecular weight excluding hydrogens is 446 g/mol. The maximum absolute atomic E-state index is 11.6. The van der Waals surface area contributed by atoms with Gasteiger partial charge in [0, 0.05) is 61.3 Å². The molecule has 0 aromatic carbocycles. The Kier molecular flexibility index (Phi) is 5.43. The zero-order valence-corrected chi connectivity index (χ0v) is 19.3. The molecule has 0 aliphatic carbocycles. The first-order valence-electron chi connectivity index (χ1n) is 11.7. The van der Waals surface area contributed by atoms with E-state index >= 15 is 0 Å². The average Bonchev–Trinajstić information content (AvgIpc) is 3.51. The average molecular weight is 472 g/mol. The van der Waals surface area contributed by atoms with Gasteiger partial charge < -0.3 is 24.5 Å². The van der Waals surface area contributed by atoms with Gasteiger partial charge in [-0.1, -0.05) is 6.07 Å². The quantitative estimate of drug-likeness (QED) is 0.456. The summed E-state index contributed by atoms with van der Waals surface area (Å²) < 4.78 is 18.4. The minimum absolute atomic E-state index is 0.175. The van der Waals surface area contributed by atoms with E-state index < -0.39 is 5.60 Å². The molecule has 0 bridgehead atoms. The summed E-state index contributed by atoms with van der Waals surface area (Å²) in [7, 11) is 0. The van der Waals surface area contributed by atoms with Crippen LogP contribution in [0.3, 0.4) is 0 Å². The summed E-state index contributed by atoms with van der Waals surface area (Å²) in [5, 5.41) is 3.66. The standard InChI is InChI=1S/C26H25N5O4/c1-16(32)30-24-10-19-20(12-28-22(19)13-29-24)21-11-23(34-14-17-4-2-3-7-27-17)18-5-8-35-26(25(18)31-21)6-9-33-15-26/h2-4,7,10-13,28H,5-6,8-9,14-15H2,1H3,(H,29,30,32). The number of nitrogens with one attached hydrogen (secondary N) is 2. The maximum atomic E-state index is 11.6. The van der Waals surface area contributed by atoms with E-state index in [4.69, 9.17) is 19.2 Å². The normalized spacial score (nSPS) is 19.1. The molecule has 2 aliphatic heterocycles. The predicted octanol–water partition coefficient (Wildman–Crippen LogP) is 3.75. The zero-order chi connectivity index (χ0) is 23.8. The second-order valence-electron chi connectivity index (χ2n) is 8.84. The SMILES string of the molecule is CC(=O)Nc1cc2c(-c3cc(OCc4ccccn4)c4c(n3)C3(CCOC3)OCC4)c[nH]c2cn1. The van der Waals surface area contributed by atoms with Gasteiger partial charge in [-0.3, -0.25) is 9.78 Å². The van der Waals surface area contributed by atoms with E-state index in [2.05, 4.69) is 20.3 Å². The molecule has 2 aliphatic rings. The van der Waals surface area contributed by atoms with Gasteiger partial charge in [-0.25, -0.2) is 9.97 Å². The number of nitrogens with zero attached hydrogens (tertiary/aromatic N) is 3. The third-order valence-electron chi connectivity index (χ3n) is 6.48. The van der Waals surface area contributed by atoms with E-state index in [1.807, 2.05) is 36.5 Å². The Labute approximate surface area is 201 Å². The summed E-state index contributed by atoms with van der Waals surface area (Å²) in [5.74, 6) is 1.08. The number of amides is 1. The molecule has 1 amide bonds. The van der Waals surface area contributed by atoms with Crippen molar-refractivity contribution in [2.45, 2.75) is 32.0 Å². The van der Waals surface area contributed by atoms with Crippen molar-refractivity contribution in [1.29, 1.82) is 0 Å². The molecule has 1 fully saturated rings. The van der Waals surface area contributed by atoms with E-state index in [1.54, 1.807) is 12.4 Å². The van der Waals surface area contributed by atoms with E-state index in [0.29, 0.717) is 38.7 Å². The molecule has 2 N–H and O–H groups in total. The lowest BCUT2D eigenvalue weighted by molar-refractivity contribution is -0.114. The van der Waals surface area contributed by atoms with Crippen LogP contribution < -0.4 is 10.1 Å². The Morgan fingerprint density at radius 1 is 1.26 bits per heavy atom. The summed E-state index contributed by atoms with van der Waals surface area (Å²) in [5.41, 5.74) is 4.70. The molecule has 9 nitrogen and oxygen atoms in total. The molecule has 1 unspecified atom stereocenters. The molecule has 6 rings (SSSR count). The number of H-pyrrole nitrogens is 1. The monoisotopic (exact) mass is 471 g/mol. The lowest BCUT2D eigenvalue weighted by Crippen LogP contribution is -2.37. The predicted molar refractivity (Wildman–Crippen MR) is 129 cm³/mol. The first-order valence-corrected chi connectivity index (χ1v) is 11.7. The van der Waals surface area contributed by atoms with Crippen LogP contribution in [0.5, 0.6) is 5.75 Å². The molecule has 6 heterocycles. The Balaban J connectivity index is 1.47. The van der Waals surface area contributed by atoms with Gasteiger partial charge in [0.05, 0.1) is 42.0 Å². The van der Waals surface area contributed by atoms with Crippen LogP contribution >= 0.6 is 0 Å². The largest absolute Gasteiger partial charge is 0.487 e. The number of anilines is 1. The van der Waals surface area contributed by atoms with Crippen molar-refractivity contribution in [3.63, 3.8) is 0 Å². The number of aromatic nitrogens is 4. The van der Waals surface area contributed by atoms with Crippen LogP contribution in [0, 0.1) is 0 Å². The van der Waals surface area contributed by atoms with Crippen LogP contribution in [0.1, 0.15) is 30.3 Å². The zero-order valence-electron chi connectivity index (χ0n) is 19.3. The van der Waals surface area contributed by atoms with Crippen molar-refractivity contribution >= 4 is 22.6 Å². The highest BCUT2D eigenvalue weighted by Crippen LogP contribution is 2.44. The molecule has 0 saturated carbocycles. The number of hydrogen-bond acceptors (Lipinski definition) is 7. The minimum Gasteiger partial charge on any atom is -0.487 e. The first kappa shape index (κ1) is 21.7. The second-order valence-corrected chi connectivity index (χ2v) is 8.84. The Hall–Kier alpha value is -3.82. The third kappa shape index (κ3) is 4.02. The summed E-state index contributed by atoms with van der Waals surface area (Å²) >= 11 is 0. The highest BCUT2D eigenvalue weighted by atomic mass is 16.6. The van der Waals surface area contributed by atoms with Crippen molar-refractivity contribution in [2.24, 2.45) is 0 Å². The topological polar surface area (TPSA) is 111 Å². The smallest absolute Gasteiger partial charge is 0.222 e. The van der Waals surface area contributed by atoms with E-state index in [-0.39, 0.29) is 5.91 Å². The number of pyridine rings is 3. The van der Waals surface area contributed by atoms with Crippen LogP contribution in [-0.4, -0.2) is 45.7 Å². The fourth-order valence-electron chi connectivity index (χ4n) is 4.81. The van der Waals surface area contributed by atoms with Crippen LogP contribution in [-0.2, 0) is 32.9 Å². The second kappa shape index (κ2) is 8.75. The number of aromatic amines is 1. The van der Waals surface area contributed by atoms with E-state index in [1.165, 1.54) is 6.92 Å². The minimum atomic E-state index is -0.568. The van der Waals surface area contributed by atoms with Gasteiger partial charge in [0.1, 0.15) is 23.8 Å². The number of fused-ring (bicyclic) bond motifs is 3. The molecule has 35 heavy (non-hydrogen) atoms. The molecular formula is C26H25N5O4. The number of hydrogen-bond donors (Lipinski definition) is 2. The van der Waals surface area contributed by atoms with Crippen LogP contribution in [0.2, 0.25) is 0 Å². The Bertz CT molecular complexity index is 1400. The van der Waals surface area contributed by atoms with Gasteiger partial charge in [-0.15, -0.1) is 0 Å². The molecule has 9 heteroatoms. The van der Waals surface area contributed by atoms with Crippen molar-refractivity contribution < 1.29 is 19.0 Å². The molecule has 1 spiro atoms. The third-order valence-corrected chi connectivity index (χ3v) is 6.48. The first-order chi connectivity index (χ1) is 17.1. The molecule has 178 valence electrons. The van der Waals surface area contributed by atoms with Crippen molar-refractivity contribution in [1.82, 2.24) is 19.9 Å². The Morgan fingerprint density at radius 3 is 3.00 bits per heavy atom.